The first kappa shape index (κ1) is 17.7. The molecule has 4 rings (SSSR count). The van der Waals surface area contributed by atoms with E-state index in [4.69, 9.17) is 23.8 Å². The second-order valence-corrected chi connectivity index (χ2v) is 7.03. The van der Waals surface area contributed by atoms with Crippen LogP contribution in [0.25, 0.3) is 10.9 Å². The van der Waals surface area contributed by atoms with Gasteiger partial charge >= 0.3 is 0 Å². The van der Waals surface area contributed by atoms with Crippen molar-refractivity contribution in [1.29, 1.82) is 0 Å². The lowest BCUT2D eigenvalue weighted by Crippen LogP contribution is -1.98. The molecule has 0 amide bonds. The van der Waals surface area contributed by atoms with E-state index in [0.29, 0.717) is 4.77 Å². The summed E-state index contributed by atoms with van der Waals surface area (Å²) in [7, 11) is 0. The maximum atomic E-state index is 6.00. The van der Waals surface area contributed by atoms with Gasteiger partial charge in [0.15, 0.2) is 5.82 Å². The van der Waals surface area contributed by atoms with Crippen LogP contribution in [-0.2, 0) is 13.0 Å². The van der Waals surface area contributed by atoms with Gasteiger partial charge in [0.1, 0.15) is 0 Å². The van der Waals surface area contributed by atoms with Crippen molar-refractivity contribution in [3.05, 3.63) is 81.5 Å². The molecule has 136 valence electrons. The molecule has 4 aromatic rings. The standard InChI is InChI=1S/C20H18ClN5S/c1-2-19-23-24-20(27)26(19)22-11-15-13-25(18-6-4-3-5-17(15)18)12-14-7-9-16(21)10-8-14/h3-11,13H,2,12H2,1H3,(H,24,27)/b22-11-. The predicted molar refractivity (Wildman–Crippen MR) is 112 cm³/mol. The van der Waals surface area contributed by atoms with Crippen LogP contribution in [0.15, 0.2) is 59.8 Å². The van der Waals surface area contributed by atoms with Crippen molar-refractivity contribution in [2.45, 2.75) is 19.9 Å². The third-order valence-corrected chi connectivity index (χ3v) is 4.95. The molecule has 0 saturated heterocycles. The van der Waals surface area contributed by atoms with E-state index in [1.165, 1.54) is 5.56 Å². The zero-order chi connectivity index (χ0) is 18.8. The lowest BCUT2D eigenvalue weighted by Gasteiger charge is -2.05. The Morgan fingerprint density at radius 1 is 1.19 bits per heavy atom. The highest BCUT2D eigenvalue weighted by atomic mass is 35.5. The number of hydrogen-bond donors (Lipinski definition) is 1. The summed E-state index contributed by atoms with van der Waals surface area (Å²) in [6.45, 7) is 2.78. The minimum absolute atomic E-state index is 0.494. The molecule has 2 aromatic heterocycles. The quantitative estimate of drug-likeness (QED) is 0.380. The fourth-order valence-corrected chi connectivity index (χ4v) is 3.41. The Labute approximate surface area is 166 Å². The van der Waals surface area contributed by atoms with Crippen molar-refractivity contribution in [2.75, 3.05) is 0 Å². The summed E-state index contributed by atoms with van der Waals surface area (Å²) in [6.07, 6.45) is 4.70. The Balaban J connectivity index is 1.73. The van der Waals surface area contributed by atoms with Crippen molar-refractivity contribution in [3.8, 4) is 0 Å². The van der Waals surface area contributed by atoms with Gasteiger partial charge in [0.05, 0.1) is 6.21 Å². The number of nitrogens with zero attached hydrogens (tertiary/aromatic N) is 4. The maximum Gasteiger partial charge on any atom is 0.216 e. The van der Waals surface area contributed by atoms with E-state index in [9.17, 15) is 0 Å². The summed E-state index contributed by atoms with van der Waals surface area (Å²) in [5, 5.41) is 13.4. The number of halogens is 1. The van der Waals surface area contributed by atoms with E-state index in [2.05, 4.69) is 38.2 Å². The highest BCUT2D eigenvalue weighted by Gasteiger charge is 2.08. The van der Waals surface area contributed by atoms with E-state index in [1.54, 1.807) is 4.68 Å². The minimum Gasteiger partial charge on any atom is -0.342 e. The zero-order valence-corrected chi connectivity index (χ0v) is 16.3. The van der Waals surface area contributed by atoms with Crippen molar-refractivity contribution in [1.82, 2.24) is 19.4 Å². The largest absolute Gasteiger partial charge is 0.342 e. The van der Waals surface area contributed by atoms with Crippen molar-refractivity contribution < 1.29 is 0 Å². The molecule has 0 spiro atoms. The van der Waals surface area contributed by atoms with Gasteiger partial charge in [-0.15, -0.1) is 0 Å². The van der Waals surface area contributed by atoms with Gasteiger partial charge in [-0.25, -0.2) is 0 Å². The topological polar surface area (TPSA) is 50.9 Å². The van der Waals surface area contributed by atoms with Crippen LogP contribution in [0, 0.1) is 4.77 Å². The van der Waals surface area contributed by atoms with E-state index < -0.39 is 0 Å². The monoisotopic (exact) mass is 395 g/mol. The summed E-state index contributed by atoms with van der Waals surface area (Å²) < 4.78 is 4.38. The van der Waals surface area contributed by atoms with Gasteiger partial charge in [0, 0.05) is 40.7 Å². The van der Waals surface area contributed by atoms with Gasteiger partial charge in [-0.05, 0) is 36.0 Å². The Morgan fingerprint density at radius 3 is 2.74 bits per heavy atom. The van der Waals surface area contributed by atoms with Crippen LogP contribution < -0.4 is 0 Å². The smallest absolute Gasteiger partial charge is 0.216 e. The molecule has 0 atom stereocenters. The number of rotatable bonds is 5. The molecule has 5 nitrogen and oxygen atoms in total. The number of para-hydroxylation sites is 1. The normalized spacial score (nSPS) is 11.6. The SMILES string of the molecule is CCc1n[nH]c(=S)n1/N=C\c1cn(Cc2ccc(Cl)cc2)c2ccccc12. The summed E-state index contributed by atoms with van der Waals surface area (Å²) in [4.78, 5) is 0. The second kappa shape index (κ2) is 7.50. The molecule has 0 aliphatic carbocycles. The maximum absolute atomic E-state index is 6.00. The average molecular weight is 396 g/mol. The van der Waals surface area contributed by atoms with Crippen LogP contribution in [0.3, 0.4) is 0 Å². The molecule has 2 heterocycles. The van der Waals surface area contributed by atoms with Crippen molar-refractivity contribution in [2.24, 2.45) is 5.10 Å². The first-order chi connectivity index (χ1) is 13.2. The fraction of sp³-hybridized carbons (Fsp3) is 0.150. The third-order valence-electron chi connectivity index (χ3n) is 4.43. The molecule has 0 aliphatic rings. The molecule has 0 saturated carbocycles. The number of H-pyrrole nitrogens is 1. The van der Waals surface area contributed by atoms with Gasteiger partial charge in [-0.3, -0.25) is 5.10 Å². The third kappa shape index (κ3) is 3.59. The molecule has 0 aliphatic heterocycles. The van der Waals surface area contributed by atoms with Crippen molar-refractivity contribution >= 4 is 40.9 Å². The zero-order valence-electron chi connectivity index (χ0n) is 14.8. The number of hydrogen-bond acceptors (Lipinski definition) is 3. The van der Waals surface area contributed by atoms with Crippen LogP contribution >= 0.6 is 23.8 Å². The Kier molecular flexibility index (Phi) is 4.92. The Hall–Kier alpha value is -2.70. The fourth-order valence-electron chi connectivity index (χ4n) is 3.09. The van der Waals surface area contributed by atoms with Crippen LogP contribution in [-0.4, -0.2) is 25.7 Å². The number of fused-ring (bicyclic) bond motifs is 1. The van der Waals surface area contributed by atoms with E-state index in [1.807, 2.05) is 49.5 Å². The second-order valence-electron chi connectivity index (χ2n) is 6.21. The molecule has 0 unspecified atom stereocenters. The van der Waals surface area contributed by atoms with Crippen LogP contribution in [0.2, 0.25) is 5.02 Å². The van der Waals surface area contributed by atoms with Crippen molar-refractivity contribution in [3.63, 3.8) is 0 Å². The summed E-state index contributed by atoms with van der Waals surface area (Å²) in [6, 6.07) is 16.2. The molecule has 7 heteroatoms. The van der Waals surface area contributed by atoms with E-state index >= 15 is 0 Å². The minimum atomic E-state index is 0.494. The number of benzene rings is 2. The first-order valence-electron chi connectivity index (χ1n) is 8.68. The summed E-state index contributed by atoms with van der Waals surface area (Å²) in [5.41, 5.74) is 3.37. The van der Waals surface area contributed by atoms with Gasteiger partial charge in [-0.1, -0.05) is 48.9 Å². The molecule has 0 fully saturated rings. The van der Waals surface area contributed by atoms with E-state index in [-0.39, 0.29) is 0 Å². The van der Waals surface area contributed by atoms with Gasteiger partial charge < -0.3 is 4.57 Å². The van der Waals surface area contributed by atoms with Gasteiger partial charge in [-0.2, -0.15) is 14.9 Å². The predicted octanol–water partition coefficient (Wildman–Crippen LogP) is 5.04. The molecular formula is C20H18ClN5S. The molecule has 0 bridgehead atoms. The van der Waals surface area contributed by atoms with Gasteiger partial charge in [0.2, 0.25) is 4.77 Å². The lowest BCUT2D eigenvalue weighted by atomic mass is 10.2. The number of aromatic nitrogens is 4. The average Bonchev–Trinajstić information content (AvgIpc) is 3.22. The summed E-state index contributed by atoms with van der Waals surface area (Å²) in [5.74, 6) is 0.807. The highest BCUT2D eigenvalue weighted by molar-refractivity contribution is 7.71. The molecule has 1 N–H and O–H groups in total. The number of aryl methyl sites for hydroxylation is 1. The van der Waals surface area contributed by atoms with Crippen LogP contribution in [0.4, 0.5) is 0 Å². The highest BCUT2D eigenvalue weighted by Crippen LogP contribution is 2.22. The Morgan fingerprint density at radius 2 is 1.96 bits per heavy atom. The molecule has 27 heavy (non-hydrogen) atoms. The summed E-state index contributed by atoms with van der Waals surface area (Å²) >= 11 is 11.3. The van der Waals surface area contributed by atoms with E-state index in [0.717, 1.165) is 40.3 Å². The van der Waals surface area contributed by atoms with Crippen LogP contribution in [0.5, 0.6) is 0 Å². The van der Waals surface area contributed by atoms with Gasteiger partial charge in [0.25, 0.3) is 0 Å². The number of aromatic amines is 1. The lowest BCUT2D eigenvalue weighted by molar-refractivity contribution is 0.780. The molecule has 0 radical (unpaired) electrons. The Bertz CT molecular complexity index is 1170. The molecule has 2 aromatic carbocycles. The number of nitrogens with one attached hydrogen (secondary N) is 1. The molecular weight excluding hydrogens is 378 g/mol. The first-order valence-corrected chi connectivity index (χ1v) is 9.47. The van der Waals surface area contributed by atoms with Crippen LogP contribution in [0.1, 0.15) is 23.9 Å².